The molecule has 5 nitrogen and oxygen atoms in total. The van der Waals surface area contributed by atoms with Crippen LogP contribution < -0.4 is 5.32 Å². The monoisotopic (exact) mass is 310 g/mol. The van der Waals surface area contributed by atoms with Crippen LogP contribution >= 0.6 is 11.3 Å². The smallest absolute Gasteiger partial charge is 0.229 e. The highest BCUT2D eigenvalue weighted by Gasteiger charge is 2.39. The third kappa shape index (κ3) is 2.55. The van der Waals surface area contributed by atoms with Gasteiger partial charge >= 0.3 is 0 Å². The minimum atomic E-state index is -3.23. The fourth-order valence-corrected chi connectivity index (χ4v) is 3.70. The predicted molar refractivity (Wildman–Crippen MR) is 78.6 cm³/mol. The molecule has 0 bridgehead atoms. The Hall–Kier alpha value is -1.47. The Morgan fingerprint density at radius 1 is 1.45 bits per heavy atom. The number of benzene rings is 1. The highest BCUT2D eigenvalue weighted by atomic mass is 32.2. The average Bonchev–Trinajstić information content (AvgIpc) is 2.95. The molecular weight excluding hydrogens is 296 g/mol. The maximum Gasteiger partial charge on any atom is 0.229 e. The van der Waals surface area contributed by atoms with Gasteiger partial charge < -0.3 is 5.32 Å². The quantitative estimate of drug-likeness (QED) is 0.943. The molecular formula is C13H14N2O3S2. The van der Waals surface area contributed by atoms with E-state index in [4.69, 9.17) is 0 Å². The number of rotatable bonds is 3. The van der Waals surface area contributed by atoms with Crippen molar-refractivity contribution in [3.8, 4) is 0 Å². The van der Waals surface area contributed by atoms with E-state index in [1.807, 2.05) is 6.92 Å². The van der Waals surface area contributed by atoms with Crippen molar-refractivity contribution in [1.29, 1.82) is 0 Å². The Morgan fingerprint density at radius 3 is 2.75 bits per heavy atom. The van der Waals surface area contributed by atoms with Gasteiger partial charge in [-0.15, -0.1) is 0 Å². The second-order valence-corrected chi connectivity index (χ2v) is 8.28. The molecule has 1 aromatic heterocycles. The number of fused-ring (bicyclic) bond motifs is 1. The number of nitrogens with zero attached hydrogens (tertiary/aromatic N) is 1. The molecule has 106 valence electrons. The molecule has 1 N–H and O–H groups in total. The summed E-state index contributed by atoms with van der Waals surface area (Å²) in [5.41, 5.74) is 0.696. The summed E-state index contributed by atoms with van der Waals surface area (Å²) < 4.78 is 23.8. The zero-order valence-electron chi connectivity index (χ0n) is 11.1. The Kier molecular flexibility index (Phi) is 3.06. The van der Waals surface area contributed by atoms with Gasteiger partial charge in [0, 0.05) is 12.2 Å². The molecule has 2 aromatic rings. The van der Waals surface area contributed by atoms with E-state index < -0.39 is 9.84 Å². The van der Waals surface area contributed by atoms with Crippen LogP contribution in [0.5, 0.6) is 0 Å². The van der Waals surface area contributed by atoms with E-state index in [-0.39, 0.29) is 16.7 Å². The first kappa shape index (κ1) is 13.5. The number of hydrogen-bond donors (Lipinski definition) is 1. The first-order valence-corrected chi connectivity index (χ1v) is 8.97. The lowest BCUT2D eigenvalue weighted by molar-refractivity contribution is -0.117. The minimum Gasteiger partial charge on any atom is -0.302 e. The van der Waals surface area contributed by atoms with Crippen molar-refractivity contribution in [2.45, 2.75) is 18.2 Å². The van der Waals surface area contributed by atoms with Crippen molar-refractivity contribution in [3.05, 3.63) is 18.2 Å². The maximum atomic E-state index is 11.8. The molecule has 7 heteroatoms. The summed E-state index contributed by atoms with van der Waals surface area (Å²) in [5.74, 6) is 0.537. The molecule has 0 aliphatic heterocycles. The van der Waals surface area contributed by atoms with Crippen LogP contribution in [0.4, 0.5) is 5.13 Å². The second kappa shape index (κ2) is 4.53. The van der Waals surface area contributed by atoms with Gasteiger partial charge in [0.25, 0.3) is 0 Å². The van der Waals surface area contributed by atoms with Gasteiger partial charge in [-0.05, 0) is 30.5 Å². The van der Waals surface area contributed by atoms with Gasteiger partial charge in [0.2, 0.25) is 5.91 Å². The molecule has 1 amide bonds. The van der Waals surface area contributed by atoms with Crippen LogP contribution in [0.15, 0.2) is 23.1 Å². The van der Waals surface area contributed by atoms with Crippen LogP contribution in [0.25, 0.3) is 10.2 Å². The van der Waals surface area contributed by atoms with Crippen LogP contribution in [0, 0.1) is 11.8 Å². The van der Waals surface area contributed by atoms with Crippen LogP contribution in [-0.4, -0.2) is 25.6 Å². The van der Waals surface area contributed by atoms with Crippen LogP contribution in [0.1, 0.15) is 13.3 Å². The lowest BCUT2D eigenvalue weighted by Crippen LogP contribution is -2.14. The first-order chi connectivity index (χ1) is 9.34. The molecule has 1 aliphatic carbocycles. The lowest BCUT2D eigenvalue weighted by atomic mass is 10.3. The van der Waals surface area contributed by atoms with Crippen molar-refractivity contribution in [2.24, 2.45) is 11.8 Å². The Morgan fingerprint density at radius 2 is 2.15 bits per heavy atom. The summed E-state index contributed by atoms with van der Waals surface area (Å²) >= 11 is 1.29. The van der Waals surface area contributed by atoms with Gasteiger partial charge in [-0.3, -0.25) is 4.79 Å². The first-order valence-electron chi connectivity index (χ1n) is 6.26. The molecule has 2 atom stereocenters. The summed E-state index contributed by atoms with van der Waals surface area (Å²) in [6.07, 6.45) is 2.10. The predicted octanol–water partition coefficient (Wildman–Crippen LogP) is 2.29. The number of carbonyl (C=O) groups excluding carboxylic acids is 1. The number of aromatic nitrogens is 1. The lowest BCUT2D eigenvalue weighted by Gasteiger charge is -1.97. The molecule has 3 rings (SSSR count). The van der Waals surface area contributed by atoms with Crippen molar-refractivity contribution in [3.63, 3.8) is 0 Å². The molecule has 0 saturated heterocycles. The van der Waals surface area contributed by atoms with Crippen LogP contribution in [0.2, 0.25) is 0 Å². The molecule has 20 heavy (non-hydrogen) atoms. The van der Waals surface area contributed by atoms with Crippen LogP contribution in [-0.2, 0) is 14.6 Å². The Balaban J connectivity index is 1.89. The van der Waals surface area contributed by atoms with Gasteiger partial charge in [-0.25, -0.2) is 13.4 Å². The van der Waals surface area contributed by atoms with Gasteiger partial charge in [0.05, 0.1) is 15.1 Å². The van der Waals surface area contributed by atoms with Gasteiger partial charge in [0.15, 0.2) is 15.0 Å². The minimum absolute atomic E-state index is 0.0000994. The molecule has 1 saturated carbocycles. The van der Waals surface area contributed by atoms with E-state index in [0.717, 1.165) is 11.1 Å². The summed E-state index contributed by atoms with van der Waals surface area (Å²) in [6, 6.07) is 4.79. The number of carbonyl (C=O) groups is 1. The van der Waals surface area contributed by atoms with E-state index in [1.54, 1.807) is 12.1 Å². The van der Waals surface area contributed by atoms with E-state index >= 15 is 0 Å². The maximum absolute atomic E-state index is 11.8. The molecule has 0 unspecified atom stereocenters. The Bertz CT molecular complexity index is 795. The molecule has 1 fully saturated rings. The largest absolute Gasteiger partial charge is 0.302 e. The summed E-state index contributed by atoms with van der Waals surface area (Å²) in [5, 5.41) is 3.32. The van der Waals surface area contributed by atoms with E-state index in [9.17, 15) is 13.2 Å². The number of sulfone groups is 1. The fourth-order valence-electron chi connectivity index (χ4n) is 2.07. The zero-order valence-corrected chi connectivity index (χ0v) is 12.7. The number of hydrogen-bond acceptors (Lipinski definition) is 5. The Labute approximate surface area is 120 Å². The van der Waals surface area contributed by atoms with Crippen molar-refractivity contribution >= 4 is 42.4 Å². The summed E-state index contributed by atoms with van der Waals surface area (Å²) in [6.45, 7) is 2.04. The van der Waals surface area contributed by atoms with E-state index in [2.05, 4.69) is 10.3 Å². The number of amides is 1. The number of nitrogens with one attached hydrogen (secondary N) is 1. The topological polar surface area (TPSA) is 76.1 Å². The molecule has 0 radical (unpaired) electrons. The van der Waals surface area contributed by atoms with Gasteiger partial charge in [0.1, 0.15) is 0 Å². The number of thiazole rings is 1. The van der Waals surface area contributed by atoms with Crippen molar-refractivity contribution < 1.29 is 13.2 Å². The van der Waals surface area contributed by atoms with Crippen molar-refractivity contribution in [1.82, 2.24) is 4.98 Å². The van der Waals surface area contributed by atoms with Gasteiger partial charge in [-0.2, -0.15) is 0 Å². The fraction of sp³-hybridized carbons (Fsp3) is 0.385. The molecule has 0 spiro atoms. The standard InChI is InChI=1S/C13H14N2O3S2/c1-7-5-9(7)12(16)15-13-14-10-4-3-8(20(2,17)18)6-11(10)19-13/h3-4,6-7,9H,5H2,1-2H3,(H,14,15,16)/t7-,9+/m1/s1. The second-order valence-electron chi connectivity index (χ2n) is 5.23. The zero-order chi connectivity index (χ0) is 14.5. The normalized spacial score (nSPS) is 21.9. The molecule has 1 aliphatic rings. The van der Waals surface area contributed by atoms with Crippen LogP contribution in [0.3, 0.4) is 0 Å². The third-order valence-electron chi connectivity index (χ3n) is 3.46. The molecule has 1 heterocycles. The SMILES string of the molecule is C[C@@H]1C[C@@H]1C(=O)Nc1nc2ccc(S(C)(=O)=O)cc2s1. The van der Waals surface area contributed by atoms with E-state index in [1.165, 1.54) is 23.7 Å². The highest BCUT2D eigenvalue weighted by molar-refractivity contribution is 7.90. The van der Waals surface area contributed by atoms with Crippen molar-refractivity contribution in [2.75, 3.05) is 11.6 Å². The summed E-state index contributed by atoms with van der Waals surface area (Å²) in [4.78, 5) is 16.4. The average molecular weight is 310 g/mol. The van der Waals surface area contributed by atoms with E-state index in [0.29, 0.717) is 16.6 Å². The summed E-state index contributed by atoms with van der Waals surface area (Å²) in [7, 11) is -3.23. The number of anilines is 1. The third-order valence-corrected chi connectivity index (χ3v) is 5.51. The van der Waals surface area contributed by atoms with Gasteiger partial charge in [-0.1, -0.05) is 18.3 Å². The molecule has 1 aromatic carbocycles. The highest BCUT2D eigenvalue weighted by Crippen LogP contribution is 2.39.